The quantitative estimate of drug-likeness (QED) is 0.233. The first-order chi connectivity index (χ1) is 21.0. The van der Waals surface area contributed by atoms with Crippen molar-refractivity contribution in [2.24, 2.45) is 0 Å². The second-order valence-electron chi connectivity index (χ2n) is 10.4. The number of aromatic nitrogens is 7. The minimum Gasteiger partial charge on any atom is -0.349 e. The average molecular weight is 592 g/mol. The Kier molecular flexibility index (Phi) is 6.96. The van der Waals surface area contributed by atoms with Crippen molar-refractivity contribution in [3.63, 3.8) is 0 Å². The molecule has 212 valence electrons. The number of H-pyrrole nitrogens is 1. The zero-order valence-electron chi connectivity index (χ0n) is 22.7. The van der Waals surface area contributed by atoms with E-state index >= 15 is 0 Å². The van der Waals surface area contributed by atoms with E-state index in [9.17, 15) is 9.18 Å². The Balaban J connectivity index is 1.22. The number of carbonyl (C=O) groups excluding carboxylic acids is 1. The molecule has 1 saturated carbocycles. The molecule has 0 radical (unpaired) electrons. The molecule has 11 heteroatoms. The summed E-state index contributed by atoms with van der Waals surface area (Å²) >= 11 is 6.35. The lowest BCUT2D eigenvalue weighted by molar-refractivity contribution is -0.659. The number of halogens is 2. The summed E-state index contributed by atoms with van der Waals surface area (Å²) < 4.78 is 17.9. The van der Waals surface area contributed by atoms with E-state index < -0.39 is 6.04 Å². The van der Waals surface area contributed by atoms with E-state index in [-0.39, 0.29) is 11.7 Å². The van der Waals surface area contributed by atoms with Gasteiger partial charge in [-0.25, -0.2) is 4.39 Å². The number of rotatable bonds is 8. The second-order valence-corrected chi connectivity index (χ2v) is 10.9. The molecule has 1 fully saturated rings. The van der Waals surface area contributed by atoms with Gasteiger partial charge in [-0.15, -0.1) is 4.68 Å². The van der Waals surface area contributed by atoms with Crippen molar-refractivity contribution < 1.29 is 13.9 Å². The summed E-state index contributed by atoms with van der Waals surface area (Å²) in [6, 6.07) is 23.1. The molecule has 1 atom stereocenters. The van der Waals surface area contributed by atoms with Gasteiger partial charge in [-0.1, -0.05) is 47.1 Å². The predicted octanol–water partition coefficient (Wildman–Crippen LogP) is 5.33. The third-order valence-corrected chi connectivity index (χ3v) is 7.63. The highest BCUT2D eigenvalue weighted by molar-refractivity contribution is 6.31. The van der Waals surface area contributed by atoms with E-state index in [1.54, 1.807) is 40.2 Å². The number of benzene rings is 3. The fraction of sp³-hybridized carbons (Fsp3) is 0.125. The van der Waals surface area contributed by atoms with E-state index in [1.807, 2.05) is 60.8 Å². The van der Waals surface area contributed by atoms with Gasteiger partial charge in [0.25, 0.3) is 12.2 Å². The van der Waals surface area contributed by atoms with Crippen molar-refractivity contribution in [1.29, 1.82) is 0 Å². The Morgan fingerprint density at radius 3 is 2.56 bits per heavy atom. The summed E-state index contributed by atoms with van der Waals surface area (Å²) in [6.45, 7) is 0. The molecule has 2 N–H and O–H groups in total. The third kappa shape index (κ3) is 5.64. The van der Waals surface area contributed by atoms with Crippen LogP contribution in [-0.4, -0.2) is 42.2 Å². The minimum atomic E-state index is -0.493. The first kappa shape index (κ1) is 26.7. The molecule has 0 saturated heterocycles. The zero-order chi connectivity index (χ0) is 29.3. The minimum absolute atomic E-state index is 0.0600. The first-order valence-corrected chi connectivity index (χ1v) is 14.1. The van der Waals surface area contributed by atoms with Crippen molar-refractivity contribution in [2.45, 2.75) is 24.9 Å². The lowest BCUT2D eigenvalue weighted by Gasteiger charge is -2.18. The van der Waals surface area contributed by atoms with Gasteiger partial charge in [-0.3, -0.25) is 14.5 Å². The molecule has 3 aromatic carbocycles. The maximum absolute atomic E-state index is 14.4. The molecule has 43 heavy (non-hydrogen) atoms. The zero-order valence-corrected chi connectivity index (χ0v) is 23.5. The summed E-state index contributed by atoms with van der Waals surface area (Å²) in [7, 11) is 0. The number of hydrogen-bond acceptors (Lipinski definition) is 5. The number of nitrogens with one attached hydrogen (secondary N) is 2. The van der Waals surface area contributed by atoms with Gasteiger partial charge in [0.1, 0.15) is 22.6 Å². The van der Waals surface area contributed by atoms with Crippen molar-refractivity contribution in [3.8, 4) is 27.9 Å². The van der Waals surface area contributed by atoms with Crippen LogP contribution >= 0.6 is 11.6 Å². The Morgan fingerprint density at radius 1 is 1.00 bits per heavy atom. The molecule has 6 aromatic rings. The summed E-state index contributed by atoms with van der Waals surface area (Å²) in [5.41, 5.74) is 6.23. The molecule has 3 aromatic heterocycles. The lowest BCUT2D eigenvalue weighted by atomic mass is 10.0. The Labute approximate surface area is 251 Å². The maximum atomic E-state index is 14.4. The van der Waals surface area contributed by atoms with Gasteiger partial charge in [0.15, 0.2) is 5.21 Å². The van der Waals surface area contributed by atoms with Gasteiger partial charge in [0, 0.05) is 45.7 Å². The highest BCUT2D eigenvalue weighted by Gasteiger charge is 2.24. The van der Waals surface area contributed by atoms with Crippen molar-refractivity contribution >= 4 is 17.5 Å². The van der Waals surface area contributed by atoms with Crippen LogP contribution in [0.5, 0.6) is 0 Å². The Morgan fingerprint density at radius 2 is 1.84 bits per heavy atom. The highest BCUT2D eigenvalue weighted by atomic mass is 35.5. The summed E-state index contributed by atoms with van der Waals surface area (Å²) in [6.07, 6.45) is 9.07. The molecule has 7 rings (SSSR count). The standard InChI is InChI=1S/C32H24ClFN8O/c33-25-9-13-30(42-19-36-39-40-42)28(15-25)23-8-12-29(35-16-23)31(22-2-1-3-26(34)14-22)41-18-24(17-37-41)20-4-6-21(7-5-20)32(43)38-27-10-11-27/h1-9,12-19,27,31H,10-11H2,(H,38,43)/p+1. The van der Waals surface area contributed by atoms with Crippen LogP contribution < -0.4 is 10.00 Å². The van der Waals surface area contributed by atoms with Crippen molar-refractivity contribution in [3.05, 3.63) is 131 Å². The first-order valence-electron chi connectivity index (χ1n) is 13.8. The normalized spacial score (nSPS) is 13.5. The van der Waals surface area contributed by atoms with Crippen LogP contribution in [-0.2, 0) is 0 Å². The third-order valence-electron chi connectivity index (χ3n) is 7.40. The largest absolute Gasteiger partial charge is 0.349 e. The molecule has 0 spiro atoms. The van der Waals surface area contributed by atoms with Crippen LogP contribution in [0, 0.1) is 5.82 Å². The molecule has 3 heterocycles. The molecular formula is C32H25ClFN8O+. The van der Waals surface area contributed by atoms with Gasteiger partial charge in [-0.2, -0.15) is 5.10 Å². The van der Waals surface area contributed by atoms with Gasteiger partial charge in [0.2, 0.25) is 0 Å². The number of nitrogens with zero attached hydrogens (tertiary/aromatic N) is 6. The molecule has 0 aliphatic heterocycles. The average Bonchev–Trinajstić information content (AvgIpc) is 3.45. The number of hydrogen-bond donors (Lipinski definition) is 2. The van der Waals surface area contributed by atoms with Crippen LogP contribution in [0.3, 0.4) is 0 Å². The second kappa shape index (κ2) is 11.2. The topological polar surface area (TPSA) is 105 Å². The monoisotopic (exact) mass is 591 g/mol. The van der Waals surface area contributed by atoms with Crippen LogP contribution in [0.25, 0.3) is 27.9 Å². The Bertz CT molecular complexity index is 1900. The summed E-state index contributed by atoms with van der Waals surface area (Å²) in [4.78, 5) is 17.2. The molecule has 1 aliphatic rings. The molecular weight excluding hydrogens is 567 g/mol. The van der Waals surface area contributed by atoms with Gasteiger partial charge in [-0.05, 0) is 72.5 Å². The van der Waals surface area contributed by atoms with Crippen LogP contribution in [0.1, 0.15) is 40.5 Å². The number of amides is 1. The lowest BCUT2D eigenvalue weighted by Crippen LogP contribution is -2.32. The summed E-state index contributed by atoms with van der Waals surface area (Å²) in [5.74, 6) is -0.407. The van der Waals surface area contributed by atoms with Crippen LogP contribution in [0.2, 0.25) is 5.02 Å². The molecule has 9 nitrogen and oxygen atoms in total. The Hall–Kier alpha value is -5.22. The van der Waals surface area contributed by atoms with Gasteiger partial charge < -0.3 is 5.32 Å². The molecule has 1 amide bonds. The fourth-order valence-electron chi connectivity index (χ4n) is 5.04. The van der Waals surface area contributed by atoms with E-state index in [1.165, 1.54) is 12.1 Å². The number of carbonyl (C=O) groups is 1. The molecule has 1 aliphatic carbocycles. The van der Waals surface area contributed by atoms with Gasteiger partial charge >= 0.3 is 0 Å². The number of tetrazole rings is 1. The van der Waals surface area contributed by atoms with E-state index in [2.05, 4.69) is 25.9 Å². The maximum Gasteiger partial charge on any atom is 0.293 e. The fourth-order valence-corrected chi connectivity index (χ4v) is 5.22. The molecule has 1 unspecified atom stereocenters. The van der Waals surface area contributed by atoms with E-state index in [0.717, 1.165) is 40.8 Å². The van der Waals surface area contributed by atoms with Crippen LogP contribution in [0.4, 0.5) is 4.39 Å². The summed E-state index contributed by atoms with van der Waals surface area (Å²) in [5, 5.41) is 18.7. The number of pyridine rings is 1. The van der Waals surface area contributed by atoms with Gasteiger partial charge in [0.05, 0.1) is 11.9 Å². The van der Waals surface area contributed by atoms with E-state index in [0.29, 0.717) is 27.9 Å². The van der Waals surface area contributed by atoms with Crippen molar-refractivity contribution in [1.82, 2.24) is 35.6 Å². The predicted molar refractivity (Wildman–Crippen MR) is 158 cm³/mol. The highest BCUT2D eigenvalue weighted by Crippen LogP contribution is 2.31. The van der Waals surface area contributed by atoms with Crippen LogP contribution in [0.15, 0.2) is 104 Å². The smallest absolute Gasteiger partial charge is 0.293 e. The van der Waals surface area contributed by atoms with E-state index in [4.69, 9.17) is 16.6 Å². The SMILES string of the molecule is O=C(NC1CC1)c1ccc(-c2cnn(C(c3cccc(F)c3)c3ccc(-c4cc(Cl)ccc4-[n+]4cnn[nH]4)cn3)c2)cc1. The molecule has 0 bridgehead atoms. The van der Waals surface area contributed by atoms with Crippen molar-refractivity contribution in [2.75, 3.05) is 0 Å². The number of aromatic amines is 1.